The highest BCUT2D eigenvalue weighted by Gasteiger charge is 2.53. The van der Waals surface area contributed by atoms with E-state index in [-0.39, 0.29) is 17.0 Å². The molecule has 188 valence electrons. The highest BCUT2D eigenvalue weighted by Crippen LogP contribution is 2.45. The van der Waals surface area contributed by atoms with Crippen molar-refractivity contribution in [3.8, 4) is 0 Å². The van der Waals surface area contributed by atoms with Gasteiger partial charge in [0.1, 0.15) is 17.1 Å². The molecule has 37 heavy (non-hydrogen) atoms. The van der Waals surface area contributed by atoms with Gasteiger partial charge in [-0.1, -0.05) is 91.0 Å². The zero-order valence-electron chi connectivity index (χ0n) is 20.2. The van der Waals surface area contributed by atoms with Crippen LogP contribution >= 0.6 is 11.8 Å². The Bertz CT molecular complexity index is 1290. The number of carbonyl (C=O) groups is 3. The summed E-state index contributed by atoms with van der Waals surface area (Å²) >= 11 is 1.44. The summed E-state index contributed by atoms with van der Waals surface area (Å²) in [5.74, 6) is -1.20. The van der Waals surface area contributed by atoms with Crippen LogP contribution in [0.25, 0.3) is 0 Å². The van der Waals surface area contributed by atoms with Crippen LogP contribution in [-0.2, 0) is 23.9 Å². The Morgan fingerprint density at radius 3 is 1.81 bits per heavy atom. The smallest absolute Gasteiger partial charge is 0.356 e. The predicted octanol–water partition coefficient (Wildman–Crippen LogP) is 4.12. The number of carbonyl (C=O) groups excluding carboxylic acids is 3. The minimum atomic E-state index is -0.855. The number of amides is 1. The van der Waals surface area contributed by atoms with Gasteiger partial charge in [0.05, 0.1) is 0 Å². The molecule has 2 heterocycles. The number of benzene rings is 3. The van der Waals surface area contributed by atoms with E-state index >= 15 is 0 Å². The van der Waals surface area contributed by atoms with Crippen LogP contribution in [0.2, 0.25) is 0 Å². The third-order valence-corrected chi connectivity index (χ3v) is 7.69. The minimum absolute atomic E-state index is 0.0856. The van der Waals surface area contributed by atoms with Crippen molar-refractivity contribution in [2.24, 2.45) is 5.73 Å². The molecule has 1 unspecified atom stereocenters. The van der Waals surface area contributed by atoms with E-state index < -0.39 is 30.2 Å². The first-order valence-electron chi connectivity index (χ1n) is 11.9. The Hall–Kier alpha value is -3.88. The third-order valence-electron chi connectivity index (χ3n) is 6.36. The molecule has 0 aliphatic carbocycles. The molecule has 5 rings (SSSR count). The quantitative estimate of drug-likeness (QED) is 0.374. The molecule has 0 bridgehead atoms. The summed E-state index contributed by atoms with van der Waals surface area (Å²) in [6.07, 6.45) is -1.56. The van der Waals surface area contributed by atoms with E-state index in [4.69, 9.17) is 15.2 Å². The molecule has 0 radical (unpaired) electrons. The van der Waals surface area contributed by atoms with Crippen molar-refractivity contribution in [2.75, 3.05) is 5.75 Å². The van der Waals surface area contributed by atoms with Crippen molar-refractivity contribution < 1.29 is 23.9 Å². The Morgan fingerprint density at radius 2 is 1.32 bits per heavy atom. The normalized spacial score (nSPS) is 19.6. The van der Waals surface area contributed by atoms with Crippen LogP contribution in [0.5, 0.6) is 0 Å². The number of β-lactam (4-membered cyclic amide) rings is 1. The fourth-order valence-electron chi connectivity index (χ4n) is 4.61. The van der Waals surface area contributed by atoms with E-state index in [0.29, 0.717) is 16.9 Å². The summed E-state index contributed by atoms with van der Waals surface area (Å²) in [5.41, 5.74) is 8.91. The largest absolute Gasteiger partial charge is 0.453 e. The highest BCUT2D eigenvalue weighted by molar-refractivity contribution is 8.00. The number of nitrogens with two attached hydrogens (primary N) is 1. The maximum Gasteiger partial charge on any atom is 0.356 e. The fourth-order valence-corrected chi connectivity index (χ4v) is 5.93. The third kappa shape index (κ3) is 4.90. The SMILES string of the molecule is CC(=O)OC(C1=C(C(=O)OC(c2ccccc2)c2ccccc2)N2C(=O)[C@H](N)[C@H]2SC1)c1ccccc1. The summed E-state index contributed by atoms with van der Waals surface area (Å²) in [6.45, 7) is 1.32. The Balaban J connectivity index is 1.60. The molecule has 7 nitrogen and oxygen atoms in total. The van der Waals surface area contributed by atoms with Crippen LogP contribution in [0.1, 0.15) is 35.8 Å². The molecule has 2 aliphatic rings. The number of hydrogen-bond donors (Lipinski definition) is 1. The summed E-state index contributed by atoms with van der Waals surface area (Å²) in [7, 11) is 0. The fraction of sp³-hybridized carbons (Fsp3) is 0.207. The van der Waals surface area contributed by atoms with Crippen LogP contribution < -0.4 is 5.73 Å². The van der Waals surface area contributed by atoms with E-state index in [2.05, 4.69) is 0 Å². The number of thioether (sulfide) groups is 1. The highest BCUT2D eigenvalue weighted by atomic mass is 32.2. The second kappa shape index (κ2) is 10.6. The lowest BCUT2D eigenvalue weighted by molar-refractivity contribution is -0.153. The maximum atomic E-state index is 14.0. The summed E-state index contributed by atoms with van der Waals surface area (Å²) < 4.78 is 11.9. The van der Waals surface area contributed by atoms with E-state index in [1.54, 1.807) is 0 Å². The topological polar surface area (TPSA) is 98.9 Å². The molecule has 2 aliphatic heterocycles. The molecule has 1 fully saturated rings. The number of nitrogens with zero attached hydrogens (tertiary/aromatic N) is 1. The zero-order chi connectivity index (χ0) is 25.9. The predicted molar refractivity (Wildman–Crippen MR) is 140 cm³/mol. The molecule has 8 heteroatoms. The summed E-state index contributed by atoms with van der Waals surface area (Å²) in [4.78, 5) is 40.4. The van der Waals surface area contributed by atoms with Gasteiger partial charge in [-0.15, -0.1) is 11.8 Å². The van der Waals surface area contributed by atoms with Crippen LogP contribution in [0.4, 0.5) is 0 Å². The molecule has 0 spiro atoms. The van der Waals surface area contributed by atoms with Crippen LogP contribution in [0.15, 0.2) is 102 Å². The molecule has 3 atom stereocenters. The summed E-state index contributed by atoms with van der Waals surface area (Å²) in [5, 5.41) is -0.389. The average Bonchev–Trinajstić information content (AvgIpc) is 2.94. The first-order chi connectivity index (χ1) is 18.0. The molecule has 3 aromatic carbocycles. The summed E-state index contributed by atoms with van der Waals surface area (Å²) in [6, 6.07) is 27.3. The Kier molecular flexibility index (Phi) is 7.12. The molecule has 3 aromatic rings. The van der Waals surface area contributed by atoms with E-state index in [1.807, 2.05) is 91.0 Å². The average molecular weight is 515 g/mol. The first-order valence-corrected chi connectivity index (χ1v) is 13.0. The van der Waals surface area contributed by atoms with Gasteiger partial charge < -0.3 is 15.2 Å². The molecule has 1 amide bonds. The molecular weight excluding hydrogens is 488 g/mol. The number of hydrogen-bond acceptors (Lipinski definition) is 7. The lowest BCUT2D eigenvalue weighted by Gasteiger charge is -2.49. The van der Waals surface area contributed by atoms with Gasteiger partial charge in [-0.05, 0) is 16.7 Å². The van der Waals surface area contributed by atoms with Gasteiger partial charge >= 0.3 is 11.9 Å². The van der Waals surface area contributed by atoms with E-state index in [1.165, 1.54) is 23.6 Å². The van der Waals surface area contributed by atoms with Crippen molar-refractivity contribution in [3.63, 3.8) is 0 Å². The first kappa shape index (κ1) is 24.8. The second-order valence-electron chi connectivity index (χ2n) is 8.82. The van der Waals surface area contributed by atoms with Crippen LogP contribution in [0, 0.1) is 0 Å². The van der Waals surface area contributed by atoms with Gasteiger partial charge in [-0.25, -0.2) is 4.79 Å². The van der Waals surface area contributed by atoms with Gasteiger partial charge in [0, 0.05) is 18.2 Å². The maximum absolute atomic E-state index is 14.0. The van der Waals surface area contributed by atoms with Crippen molar-refractivity contribution in [1.82, 2.24) is 4.90 Å². The molecular formula is C29H26N2O5S. The zero-order valence-corrected chi connectivity index (χ0v) is 21.0. The van der Waals surface area contributed by atoms with E-state index in [9.17, 15) is 14.4 Å². The van der Waals surface area contributed by atoms with Gasteiger partial charge in [-0.2, -0.15) is 0 Å². The lowest BCUT2D eigenvalue weighted by Crippen LogP contribution is -2.68. The molecule has 2 N–H and O–H groups in total. The monoisotopic (exact) mass is 514 g/mol. The number of ether oxygens (including phenoxy) is 2. The van der Waals surface area contributed by atoms with Crippen molar-refractivity contribution in [2.45, 2.75) is 30.5 Å². The van der Waals surface area contributed by atoms with E-state index in [0.717, 1.165) is 11.1 Å². The van der Waals surface area contributed by atoms with Crippen LogP contribution in [0.3, 0.4) is 0 Å². The van der Waals surface area contributed by atoms with Gasteiger partial charge in [-0.3, -0.25) is 14.5 Å². The second-order valence-corrected chi connectivity index (χ2v) is 9.92. The standard InChI is InChI=1S/C29H26N2O5S/c1-18(32)35-26(21-15-9-4-10-16-21)22-17-37-28-23(30)27(33)31(28)24(22)29(34)36-25(19-11-5-2-6-12-19)20-13-7-3-8-14-20/h2-16,23,25-26,28H,17,30H2,1H3/t23-,26?,28+/m0/s1. The minimum Gasteiger partial charge on any atom is -0.453 e. The number of rotatable bonds is 7. The van der Waals surface area contributed by atoms with Gasteiger partial charge in [0.15, 0.2) is 12.2 Å². The van der Waals surface area contributed by atoms with Crippen molar-refractivity contribution in [1.29, 1.82) is 0 Å². The van der Waals surface area contributed by atoms with Gasteiger partial charge in [0.25, 0.3) is 0 Å². The van der Waals surface area contributed by atoms with Crippen molar-refractivity contribution in [3.05, 3.63) is 119 Å². The van der Waals surface area contributed by atoms with Gasteiger partial charge in [0.2, 0.25) is 5.91 Å². The molecule has 0 saturated carbocycles. The molecule has 1 saturated heterocycles. The number of fused-ring (bicyclic) bond motifs is 1. The Labute approximate surface area is 219 Å². The van der Waals surface area contributed by atoms with Crippen LogP contribution in [-0.4, -0.2) is 39.9 Å². The number of esters is 2. The molecule has 0 aromatic heterocycles. The lowest BCUT2D eigenvalue weighted by atomic mass is 9.96. The van der Waals surface area contributed by atoms with Crippen molar-refractivity contribution >= 4 is 29.6 Å². The Morgan fingerprint density at radius 1 is 0.838 bits per heavy atom.